The van der Waals surface area contributed by atoms with Crippen molar-refractivity contribution in [2.75, 3.05) is 19.6 Å². The molecule has 0 aromatic heterocycles. The second kappa shape index (κ2) is 6.93. The Bertz CT molecular complexity index is 315. The molecule has 0 aromatic rings. The topological polar surface area (TPSA) is 32.3 Å². The summed E-state index contributed by atoms with van der Waals surface area (Å²) in [5.41, 5.74) is 0. The fourth-order valence-electron chi connectivity index (χ4n) is 3.85. The summed E-state index contributed by atoms with van der Waals surface area (Å²) in [5, 5.41) is 3.54. The van der Waals surface area contributed by atoms with Gasteiger partial charge < -0.3 is 10.2 Å². The molecule has 0 bridgehead atoms. The number of carbonyl (C=O) groups excluding carboxylic acids is 1. The third-order valence-electron chi connectivity index (χ3n) is 5.37. The lowest BCUT2D eigenvalue weighted by atomic mass is 10.0. The van der Waals surface area contributed by atoms with E-state index in [2.05, 4.69) is 10.2 Å². The first-order valence-electron chi connectivity index (χ1n) is 8.82. The van der Waals surface area contributed by atoms with Gasteiger partial charge in [0.2, 0.25) is 5.91 Å². The van der Waals surface area contributed by atoms with Gasteiger partial charge >= 0.3 is 0 Å². The van der Waals surface area contributed by atoms with Crippen LogP contribution in [0.3, 0.4) is 0 Å². The van der Waals surface area contributed by atoms with Crippen LogP contribution in [0.4, 0.5) is 0 Å². The Morgan fingerprint density at radius 2 is 1.75 bits per heavy atom. The molecule has 1 heterocycles. The summed E-state index contributed by atoms with van der Waals surface area (Å²) in [6.45, 7) is 3.12. The van der Waals surface area contributed by atoms with Crippen molar-refractivity contribution in [2.24, 2.45) is 11.8 Å². The van der Waals surface area contributed by atoms with Crippen LogP contribution < -0.4 is 5.32 Å². The molecular weight excluding hydrogens is 248 g/mol. The van der Waals surface area contributed by atoms with Crippen molar-refractivity contribution >= 4 is 5.91 Å². The van der Waals surface area contributed by atoms with Gasteiger partial charge in [0.25, 0.3) is 0 Å². The Kier molecular flexibility index (Phi) is 4.98. The molecule has 0 spiro atoms. The van der Waals surface area contributed by atoms with Gasteiger partial charge in [-0.2, -0.15) is 0 Å². The smallest absolute Gasteiger partial charge is 0.222 e. The molecule has 114 valence electrons. The van der Waals surface area contributed by atoms with Crippen molar-refractivity contribution in [3.63, 3.8) is 0 Å². The van der Waals surface area contributed by atoms with Crippen molar-refractivity contribution in [3.8, 4) is 0 Å². The number of nitrogens with one attached hydrogen (secondary N) is 1. The minimum absolute atomic E-state index is 0.428. The minimum atomic E-state index is 0.428. The largest absolute Gasteiger partial charge is 0.341 e. The molecule has 0 radical (unpaired) electrons. The Morgan fingerprint density at radius 1 is 0.950 bits per heavy atom. The number of hydrogen-bond acceptors (Lipinski definition) is 2. The van der Waals surface area contributed by atoms with Crippen LogP contribution >= 0.6 is 0 Å². The Morgan fingerprint density at radius 3 is 2.40 bits per heavy atom. The minimum Gasteiger partial charge on any atom is -0.341 e. The number of amides is 1. The van der Waals surface area contributed by atoms with Crippen LogP contribution in [0.15, 0.2) is 0 Å². The highest BCUT2D eigenvalue weighted by atomic mass is 16.2. The molecule has 1 N–H and O–H groups in total. The molecule has 3 heteroatoms. The standard InChI is InChI=1S/C17H30N2O/c20-17(10-9-14-4-1-2-5-14)19(12-15-7-8-15)13-16-6-3-11-18-16/h14-16,18H,1-13H2. The highest BCUT2D eigenvalue weighted by molar-refractivity contribution is 5.76. The monoisotopic (exact) mass is 278 g/mol. The highest BCUT2D eigenvalue weighted by Crippen LogP contribution is 2.31. The van der Waals surface area contributed by atoms with Gasteiger partial charge in [-0.05, 0) is 50.5 Å². The van der Waals surface area contributed by atoms with Crippen molar-refractivity contribution < 1.29 is 4.79 Å². The van der Waals surface area contributed by atoms with Crippen LogP contribution in [-0.2, 0) is 4.79 Å². The van der Waals surface area contributed by atoms with Gasteiger partial charge in [0, 0.05) is 25.6 Å². The van der Waals surface area contributed by atoms with Crippen LogP contribution in [0.5, 0.6) is 0 Å². The average molecular weight is 278 g/mol. The lowest BCUT2D eigenvalue weighted by Crippen LogP contribution is -2.42. The predicted octanol–water partition coefficient (Wildman–Crippen LogP) is 2.95. The van der Waals surface area contributed by atoms with Crippen molar-refractivity contribution in [1.29, 1.82) is 0 Å². The molecule has 0 aromatic carbocycles. The normalized spacial score (nSPS) is 27.1. The second-order valence-electron chi connectivity index (χ2n) is 7.22. The van der Waals surface area contributed by atoms with Crippen LogP contribution in [0.25, 0.3) is 0 Å². The molecule has 3 fully saturated rings. The zero-order valence-electron chi connectivity index (χ0n) is 12.8. The second-order valence-corrected chi connectivity index (χ2v) is 7.22. The lowest BCUT2D eigenvalue weighted by molar-refractivity contribution is -0.132. The molecule has 1 amide bonds. The first-order valence-corrected chi connectivity index (χ1v) is 8.82. The zero-order chi connectivity index (χ0) is 13.8. The van der Waals surface area contributed by atoms with Crippen LogP contribution in [0.2, 0.25) is 0 Å². The molecule has 1 saturated heterocycles. The molecular formula is C17H30N2O. The molecule has 1 atom stereocenters. The molecule has 3 nitrogen and oxygen atoms in total. The van der Waals surface area contributed by atoms with Crippen LogP contribution in [-0.4, -0.2) is 36.5 Å². The maximum atomic E-state index is 12.5. The third kappa shape index (κ3) is 4.21. The van der Waals surface area contributed by atoms with Crippen LogP contribution in [0, 0.1) is 11.8 Å². The summed E-state index contributed by atoms with van der Waals surface area (Å²) in [7, 11) is 0. The zero-order valence-corrected chi connectivity index (χ0v) is 12.8. The Balaban J connectivity index is 1.45. The summed E-state index contributed by atoms with van der Waals surface area (Å²) >= 11 is 0. The molecule has 2 aliphatic carbocycles. The average Bonchev–Trinajstić information content (AvgIpc) is 2.95. The summed E-state index contributed by atoms with van der Waals surface area (Å²) in [6, 6.07) is 0.559. The third-order valence-corrected chi connectivity index (χ3v) is 5.37. The van der Waals surface area contributed by atoms with E-state index in [-0.39, 0.29) is 0 Å². The van der Waals surface area contributed by atoms with E-state index in [1.54, 1.807) is 0 Å². The molecule has 1 aliphatic heterocycles. The van der Waals surface area contributed by atoms with Crippen molar-refractivity contribution in [2.45, 2.75) is 70.3 Å². The fourth-order valence-corrected chi connectivity index (χ4v) is 3.85. The van der Waals surface area contributed by atoms with Gasteiger partial charge in [0.1, 0.15) is 0 Å². The van der Waals surface area contributed by atoms with Gasteiger partial charge in [-0.1, -0.05) is 25.7 Å². The van der Waals surface area contributed by atoms with E-state index < -0.39 is 0 Å². The maximum Gasteiger partial charge on any atom is 0.222 e. The first-order chi connectivity index (χ1) is 9.81. The Labute approximate surface area is 123 Å². The molecule has 20 heavy (non-hydrogen) atoms. The van der Waals surface area contributed by atoms with E-state index >= 15 is 0 Å². The summed E-state index contributed by atoms with van der Waals surface area (Å²) in [6.07, 6.45) is 12.6. The van der Waals surface area contributed by atoms with Gasteiger partial charge in [-0.3, -0.25) is 4.79 Å². The SMILES string of the molecule is O=C(CCC1CCCC1)N(CC1CC1)CC1CCCN1. The van der Waals surface area contributed by atoms with E-state index in [0.29, 0.717) is 11.9 Å². The van der Waals surface area contributed by atoms with Gasteiger partial charge in [0.15, 0.2) is 0 Å². The Hall–Kier alpha value is -0.570. The fraction of sp³-hybridized carbons (Fsp3) is 0.941. The van der Waals surface area contributed by atoms with Crippen molar-refractivity contribution in [1.82, 2.24) is 10.2 Å². The van der Waals surface area contributed by atoms with E-state index in [1.807, 2.05) is 0 Å². The van der Waals surface area contributed by atoms with Crippen molar-refractivity contribution in [3.05, 3.63) is 0 Å². The maximum absolute atomic E-state index is 12.5. The lowest BCUT2D eigenvalue weighted by Gasteiger charge is -2.26. The predicted molar refractivity (Wildman–Crippen MR) is 81.5 cm³/mol. The first kappa shape index (κ1) is 14.4. The summed E-state index contributed by atoms with van der Waals surface area (Å²) < 4.78 is 0. The molecule has 3 rings (SSSR count). The molecule has 1 unspecified atom stereocenters. The molecule has 3 aliphatic rings. The van der Waals surface area contributed by atoms with E-state index in [9.17, 15) is 4.79 Å². The number of hydrogen-bond donors (Lipinski definition) is 1. The van der Waals surface area contributed by atoms with Gasteiger partial charge in [0.05, 0.1) is 0 Å². The number of nitrogens with zero attached hydrogens (tertiary/aromatic N) is 1. The highest BCUT2D eigenvalue weighted by Gasteiger charge is 2.29. The summed E-state index contributed by atoms with van der Waals surface area (Å²) in [4.78, 5) is 14.7. The number of carbonyl (C=O) groups is 1. The number of rotatable bonds is 7. The van der Waals surface area contributed by atoms with Crippen LogP contribution in [0.1, 0.15) is 64.2 Å². The van der Waals surface area contributed by atoms with E-state index in [0.717, 1.165) is 44.3 Å². The van der Waals surface area contributed by atoms with E-state index in [4.69, 9.17) is 0 Å². The van der Waals surface area contributed by atoms with Gasteiger partial charge in [-0.25, -0.2) is 0 Å². The molecule has 2 saturated carbocycles. The van der Waals surface area contributed by atoms with E-state index in [1.165, 1.54) is 51.4 Å². The van der Waals surface area contributed by atoms with Gasteiger partial charge in [-0.15, -0.1) is 0 Å². The summed E-state index contributed by atoms with van der Waals surface area (Å²) in [5.74, 6) is 2.08. The quantitative estimate of drug-likeness (QED) is 0.776.